The Labute approximate surface area is 75.4 Å². The normalized spacial score (nSPS) is 31.5. The van der Waals surface area contributed by atoms with Crippen LogP contribution in [0.2, 0.25) is 0 Å². The molecule has 0 bridgehead atoms. The molecule has 66 valence electrons. The van der Waals surface area contributed by atoms with E-state index in [9.17, 15) is 0 Å². The summed E-state index contributed by atoms with van der Waals surface area (Å²) in [5.41, 5.74) is 2.25. The molecule has 0 heterocycles. The van der Waals surface area contributed by atoms with Gasteiger partial charge in [0, 0.05) is 0 Å². The molecule has 0 aromatic carbocycles. The molecule has 0 radical (unpaired) electrons. The smallest absolute Gasteiger partial charge is 0.00522 e. The molecular weight excluding hydrogens is 144 g/mol. The Bertz CT molecular complexity index is 228. The Morgan fingerprint density at radius 3 is 2.67 bits per heavy atom. The van der Waals surface area contributed by atoms with Gasteiger partial charge >= 0.3 is 0 Å². The lowest BCUT2D eigenvalue weighted by atomic mass is 9.86. The second kappa shape index (κ2) is 2.76. The zero-order valence-electron chi connectivity index (χ0n) is 8.14. The molecule has 0 heteroatoms. The van der Waals surface area contributed by atoms with Crippen molar-refractivity contribution < 1.29 is 0 Å². The van der Waals surface area contributed by atoms with E-state index in [1.807, 2.05) is 0 Å². The highest BCUT2D eigenvalue weighted by molar-refractivity contribution is 5.34. The van der Waals surface area contributed by atoms with E-state index in [0.717, 1.165) is 5.92 Å². The summed E-state index contributed by atoms with van der Waals surface area (Å²) in [6, 6.07) is 0. The summed E-state index contributed by atoms with van der Waals surface area (Å²) in [6.45, 7) is 4.61. The van der Waals surface area contributed by atoms with Gasteiger partial charge in [-0.15, -0.1) is 0 Å². The third-order valence-electron chi connectivity index (χ3n) is 3.46. The van der Waals surface area contributed by atoms with Crippen LogP contribution in [0.15, 0.2) is 23.8 Å². The van der Waals surface area contributed by atoms with Crippen LogP contribution in [0.4, 0.5) is 0 Å². The van der Waals surface area contributed by atoms with Crippen LogP contribution >= 0.6 is 0 Å². The molecule has 12 heavy (non-hydrogen) atoms. The van der Waals surface area contributed by atoms with Crippen LogP contribution in [-0.4, -0.2) is 0 Å². The lowest BCUT2D eigenvalue weighted by Crippen LogP contribution is -2.05. The number of hydrogen-bond donors (Lipinski definition) is 0. The molecule has 0 spiro atoms. The molecule has 0 amide bonds. The Kier molecular flexibility index (Phi) is 1.86. The molecule has 2 rings (SSSR count). The van der Waals surface area contributed by atoms with Crippen LogP contribution in [0.25, 0.3) is 0 Å². The van der Waals surface area contributed by atoms with Gasteiger partial charge in [-0.25, -0.2) is 0 Å². The van der Waals surface area contributed by atoms with Gasteiger partial charge in [-0.2, -0.15) is 0 Å². The van der Waals surface area contributed by atoms with Gasteiger partial charge in [0.25, 0.3) is 0 Å². The maximum atomic E-state index is 2.46. The third kappa shape index (κ3) is 1.24. The fourth-order valence-corrected chi connectivity index (χ4v) is 2.12. The number of rotatable bonds is 2. The number of allylic oxidation sites excluding steroid dienone is 4. The quantitative estimate of drug-likeness (QED) is 0.580. The topological polar surface area (TPSA) is 0 Å². The zero-order chi connectivity index (χ0) is 8.60. The zero-order valence-corrected chi connectivity index (χ0v) is 8.14. The van der Waals surface area contributed by atoms with Crippen molar-refractivity contribution in [3.63, 3.8) is 0 Å². The van der Waals surface area contributed by atoms with Crippen LogP contribution < -0.4 is 0 Å². The largest absolute Gasteiger partial charge is 0.0811 e. The van der Waals surface area contributed by atoms with Gasteiger partial charge < -0.3 is 0 Å². The second-order valence-corrected chi connectivity index (χ2v) is 4.37. The third-order valence-corrected chi connectivity index (χ3v) is 3.46. The van der Waals surface area contributed by atoms with Gasteiger partial charge in [0.2, 0.25) is 0 Å². The van der Waals surface area contributed by atoms with Crippen molar-refractivity contribution in [1.82, 2.24) is 0 Å². The highest BCUT2D eigenvalue weighted by atomic mass is 14.5. The van der Waals surface area contributed by atoms with Crippen molar-refractivity contribution in [2.24, 2.45) is 11.3 Å². The minimum atomic E-state index is 0.622. The molecule has 0 saturated heterocycles. The van der Waals surface area contributed by atoms with E-state index in [0.29, 0.717) is 5.41 Å². The molecule has 0 aliphatic heterocycles. The Balaban J connectivity index is 2.11. The van der Waals surface area contributed by atoms with Gasteiger partial charge in [0.1, 0.15) is 0 Å². The van der Waals surface area contributed by atoms with Crippen molar-refractivity contribution in [2.45, 2.75) is 39.5 Å². The first-order valence-corrected chi connectivity index (χ1v) is 5.16. The predicted molar refractivity (Wildman–Crippen MR) is 53.0 cm³/mol. The van der Waals surface area contributed by atoms with Gasteiger partial charge in [-0.3, -0.25) is 0 Å². The molecule has 0 nitrogen and oxygen atoms in total. The van der Waals surface area contributed by atoms with Crippen LogP contribution in [0.5, 0.6) is 0 Å². The van der Waals surface area contributed by atoms with Gasteiger partial charge in [-0.05, 0) is 42.6 Å². The Hall–Kier alpha value is -0.520. The molecule has 0 aromatic rings. The average Bonchev–Trinajstić information content (AvgIpc) is 2.86. The second-order valence-electron chi connectivity index (χ2n) is 4.37. The summed E-state index contributed by atoms with van der Waals surface area (Å²) in [5, 5.41) is 0. The van der Waals surface area contributed by atoms with Crippen molar-refractivity contribution >= 4 is 0 Å². The van der Waals surface area contributed by atoms with Crippen molar-refractivity contribution in [3.8, 4) is 0 Å². The van der Waals surface area contributed by atoms with Crippen molar-refractivity contribution in [1.29, 1.82) is 0 Å². The molecule has 0 aromatic heterocycles. The predicted octanol–water partition coefficient (Wildman–Crippen LogP) is 3.70. The summed E-state index contributed by atoms with van der Waals surface area (Å²) < 4.78 is 0. The average molecular weight is 162 g/mol. The van der Waals surface area contributed by atoms with Crippen LogP contribution in [0.1, 0.15) is 39.5 Å². The SMILES string of the molecule is CCC1(C2=CCC(C)C=C2)CC1. The summed E-state index contributed by atoms with van der Waals surface area (Å²) in [6.07, 6.45) is 12.6. The number of hydrogen-bond acceptors (Lipinski definition) is 0. The standard InChI is InChI=1S/C12H18/c1-3-12(8-9-12)11-6-4-10(2)5-7-11/h4,6-7,10H,3,5,8-9H2,1-2H3. The molecule has 2 aliphatic rings. The molecule has 1 saturated carbocycles. The first-order chi connectivity index (χ1) is 5.77. The molecule has 1 fully saturated rings. The minimum absolute atomic E-state index is 0.622. The lowest BCUT2D eigenvalue weighted by Gasteiger charge is -2.19. The fourth-order valence-electron chi connectivity index (χ4n) is 2.12. The first-order valence-electron chi connectivity index (χ1n) is 5.16. The van der Waals surface area contributed by atoms with E-state index in [4.69, 9.17) is 0 Å². The fraction of sp³-hybridized carbons (Fsp3) is 0.667. The van der Waals surface area contributed by atoms with E-state index < -0.39 is 0 Å². The van der Waals surface area contributed by atoms with Crippen molar-refractivity contribution in [2.75, 3.05) is 0 Å². The van der Waals surface area contributed by atoms with E-state index in [1.165, 1.54) is 25.7 Å². The Morgan fingerprint density at radius 2 is 2.25 bits per heavy atom. The van der Waals surface area contributed by atoms with E-state index >= 15 is 0 Å². The monoisotopic (exact) mass is 162 g/mol. The van der Waals surface area contributed by atoms with Crippen molar-refractivity contribution in [3.05, 3.63) is 23.8 Å². The Morgan fingerprint density at radius 1 is 1.50 bits per heavy atom. The maximum Gasteiger partial charge on any atom is -0.00522 e. The first kappa shape index (κ1) is 8.10. The summed E-state index contributed by atoms with van der Waals surface area (Å²) in [4.78, 5) is 0. The van der Waals surface area contributed by atoms with Gasteiger partial charge in [-0.1, -0.05) is 32.1 Å². The highest BCUT2D eigenvalue weighted by Crippen LogP contribution is 2.55. The molecule has 2 aliphatic carbocycles. The molecule has 0 N–H and O–H groups in total. The maximum absolute atomic E-state index is 2.46. The summed E-state index contributed by atoms with van der Waals surface area (Å²) in [5.74, 6) is 0.765. The molecule has 1 unspecified atom stereocenters. The summed E-state index contributed by atoms with van der Waals surface area (Å²) >= 11 is 0. The van der Waals surface area contributed by atoms with Gasteiger partial charge in [0.05, 0.1) is 0 Å². The van der Waals surface area contributed by atoms with E-state index in [2.05, 4.69) is 32.1 Å². The highest BCUT2D eigenvalue weighted by Gasteiger charge is 2.43. The minimum Gasteiger partial charge on any atom is -0.0811 e. The van der Waals surface area contributed by atoms with Crippen LogP contribution in [-0.2, 0) is 0 Å². The van der Waals surface area contributed by atoms with Gasteiger partial charge in [0.15, 0.2) is 0 Å². The molecule has 1 atom stereocenters. The van der Waals surface area contributed by atoms with E-state index in [1.54, 1.807) is 5.57 Å². The lowest BCUT2D eigenvalue weighted by molar-refractivity contribution is 0.581. The van der Waals surface area contributed by atoms with Crippen LogP contribution in [0, 0.1) is 11.3 Å². The molecular formula is C12H18. The summed E-state index contributed by atoms with van der Waals surface area (Å²) in [7, 11) is 0. The van der Waals surface area contributed by atoms with Crippen LogP contribution in [0.3, 0.4) is 0 Å². The van der Waals surface area contributed by atoms with E-state index in [-0.39, 0.29) is 0 Å².